The van der Waals surface area contributed by atoms with Crippen LogP contribution >= 0.6 is 0 Å². The molecule has 0 spiro atoms. The van der Waals surface area contributed by atoms with Crippen LogP contribution in [0.1, 0.15) is 35.3 Å². The van der Waals surface area contributed by atoms with Gasteiger partial charge in [0, 0.05) is 12.4 Å². The topological polar surface area (TPSA) is 39.2 Å². The molecule has 0 atom stereocenters. The third-order valence-electron chi connectivity index (χ3n) is 2.37. The number of hydrogen-bond acceptors (Lipinski definition) is 3. The Hall–Kier alpha value is -1.64. The van der Waals surface area contributed by atoms with Crippen molar-refractivity contribution in [3.05, 3.63) is 35.2 Å². The number of carbonyl (C=O) groups is 1. The zero-order valence-electron chi connectivity index (χ0n) is 9.50. The summed E-state index contributed by atoms with van der Waals surface area (Å²) in [4.78, 5) is 15.5. The van der Waals surface area contributed by atoms with E-state index in [1.807, 2.05) is 26.8 Å². The Bertz CT molecular complexity index is 408. The number of aromatic nitrogens is 1. The fraction of sp³-hybridized carbons (Fsp3) is 0.333. The van der Waals surface area contributed by atoms with Gasteiger partial charge in [0.05, 0.1) is 12.7 Å². The highest BCUT2D eigenvalue weighted by Gasteiger charge is 2.14. The summed E-state index contributed by atoms with van der Waals surface area (Å²) < 4.78 is 4.72. The molecule has 80 valence electrons. The molecule has 0 aromatic carbocycles. The number of carbonyl (C=O) groups excluding carboxylic acids is 1. The summed E-state index contributed by atoms with van der Waals surface area (Å²) in [5, 5.41) is 0. The predicted octanol–water partition coefficient (Wildman–Crippen LogP) is 2.60. The van der Waals surface area contributed by atoms with Gasteiger partial charge in [0.2, 0.25) is 0 Å². The second kappa shape index (κ2) is 4.73. The number of rotatable bonds is 2. The highest BCUT2D eigenvalue weighted by molar-refractivity contribution is 5.95. The summed E-state index contributed by atoms with van der Waals surface area (Å²) in [5.41, 5.74) is 3.47. The van der Waals surface area contributed by atoms with Crippen LogP contribution < -0.4 is 0 Å². The molecule has 1 aromatic heterocycles. The number of ether oxygens (including phenoxy) is 1. The summed E-state index contributed by atoms with van der Waals surface area (Å²) in [6.07, 6.45) is 5.25. The molecule has 0 aliphatic carbocycles. The van der Waals surface area contributed by atoms with Crippen LogP contribution in [0.2, 0.25) is 0 Å². The highest BCUT2D eigenvalue weighted by Crippen LogP contribution is 2.22. The molecule has 15 heavy (non-hydrogen) atoms. The fourth-order valence-electron chi connectivity index (χ4n) is 1.50. The molecule has 1 rings (SSSR count). The number of esters is 1. The number of allylic oxidation sites excluding steroid dienone is 2. The molecule has 0 saturated heterocycles. The van der Waals surface area contributed by atoms with E-state index in [1.165, 1.54) is 7.11 Å². The van der Waals surface area contributed by atoms with Gasteiger partial charge in [-0.1, -0.05) is 6.08 Å². The lowest BCUT2D eigenvalue weighted by Crippen LogP contribution is -2.07. The first-order chi connectivity index (χ1) is 7.11. The number of pyridine rings is 1. The molecule has 1 heterocycles. The van der Waals surface area contributed by atoms with Crippen molar-refractivity contribution in [1.29, 1.82) is 0 Å². The van der Waals surface area contributed by atoms with Gasteiger partial charge in [0.1, 0.15) is 0 Å². The van der Waals surface area contributed by atoms with Crippen molar-refractivity contribution in [1.82, 2.24) is 4.98 Å². The Morgan fingerprint density at radius 3 is 2.67 bits per heavy atom. The summed E-state index contributed by atoms with van der Waals surface area (Å²) in [6, 6.07) is 0. The van der Waals surface area contributed by atoms with E-state index in [4.69, 9.17) is 4.74 Å². The monoisotopic (exact) mass is 205 g/mol. The lowest BCUT2D eigenvalue weighted by atomic mass is 9.98. The van der Waals surface area contributed by atoms with E-state index >= 15 is 0 Å². The van der Waals surface area contributed by atoms with Gasteiger partial charge in [-0.05, 0) is 37.5 Å². The largest absolute Gasteiger partial charge is 0.465 e. The van der Waals surface area contributed by atoms with E-state index in [-0.39, 0.29) is 5.97 Å². The van der Waals surface area contributed by atoms with Crippen LogP contribution in [0.3, 0.4) is 0 Å². The first kappa shape index (κ1) is 11.4. The summed E-state index contributed by atoms with van der Waals surface area (Å²) >= 11 is 0. The van der Waals surface area contributed by atoms with Crippen molar-refractivity contribution >= 4 is 11.5 Å². The molecule has 0 radical (unpaired) electrons. The maximum Gasteiger partial charge on any atom is 0.340 e. The first-order valence-electron chi connectivity index (χ1n) is 4.78. The standard InChI is InChI=1S/C12H15NO2/c1-5-8(2)11-9(3)6-13-7-10(11)12(14)15-4/h5-7H,1-4H3/b8-5+. The van der Waals surface area contributed by atoms with Crippen LogP contribution in [-0.4, -0.2) is 18.1 Å². The number of methoxy groups -OCH3 is 1. The second-order valence-corrected chi connectivity index (χ2v) is 3.34. The van der Waals surface area contributed by atoms with E-state index in [0.29, 0.717) is 5.56 Å². The summed E-state index contributed by atoms with van der Waals surface area (Å²) in [5.74, 6) is -0.345. The highest BCUT2D eigenvalue weighted by atomic mass is 16.5. The van der Waals surface area contributed by atoms with Crippen LogP contribution in [0.5, 0.6) is 0 Å². The minimum atomic E-state index is -0.345. The van der Waals surface area contributed by atoms with E-state index in [9.17, 15) is 4.79 Å². The Kier molecular flexibility index (Phi) is 3.61. The van der Waals surface area contributed by atoms with Gasteiger partial charge in [-0.15, -0.1) is 0 Å². The van der Waals surface area contributed by atoms with Crippen molar-refractivity contribution in [3.8, 4) is 0 Å². The van der Waals surface area contributed by atoms with Crippen molar-refractivity contribution in [2.45, 2.75) is 20.8 Å². The SMILES string of the molecule is C/C=C(\C)c1c(C)cncc1C(=O)OC. The maximum atomic E-state index is 11.5. The number of aryl methyl sites for hydroxylation is 1. The molecular weight excluding hydrogens is 190 g/mol. The van der Waals surface area contributed by atoms with E-state index in [2.05, 4.69) is 4.98 Å². The minimum Gasteiger partial charge on any atom is -0.465 e. The van der Waals surface area contributed by atoms with Crippen LogP contribution in [0.15, 0.2) is 18.5 Å². The first-order valence-corrected chi connectivity index (χ1v) is 4.78. The zero-order valence-corrected chi connectivity index (χ0v) is 9.50. The van der Waals surface area contributed by atoms with Gasteiger partial charge in [-0.2, -0.15) is 0 Å². The molecule has 0 bridgehead atoms. The van der Waals surface area contributed by atoms with E-state index in [1.54, 1.807) is 12.4 Å². The van der Waals surface area contributed by atoms with Crippen LogP contribution in [0, 0.1) is 6.92 Å². The van der Waals surface area contributed by atoms with Gasteiger partial charge >= 0.3 is 5.97 Å². The Morgan fingerprint density at radius 2 is 2.13 bits per heavy atom. The van der Waals surface area contributed by atoms with Crippen LogP contribution in [-0.2, 0) is 4.74 Å². The number of nitrogens with zero attached hydrogens (tertiary/aromatic N) is 1. The zero-order chi connectivity index (χ0) is 11.4. The summed E-state index contributed by atoms with van der Waals surface area (Å²) in [6.45, 7) is 5.84. The van der Waals surface area contributed by atoms with E-state index < -0.39 is 0 Å². The molecule has 0 amide bonds. The van der Waals surface area contributed by atoms with Crippen LogP contribution in [0.25, 0.3) is 5.57 Å². The van der Waals surface area contributed by atoms with E-state index in [0.717, 1.165) is 16.7 Å². The molecule has 0 fully saturated rings. The lowest BCUT2D eigenvalue weighted by molar-refractivity contribution is 0.0600. The normalized spacial score (nSPS) is 11.3. The third kappa shape index (κ3) is 2.24. The van der Waals surface area contributed by atoms with Crippen molar-refractivity contribution in [2.75, 3.05) is 7.11 Å². The van der Waals surface area contributed by atoms with Gasteiger partial charge in [-0.3, -0.25) is 4.98 Å². The molecule has 0 saturated carbocycles. The van der Waals surface area contributed by atoms with Crippen LogP contribution in [0.4, 0.5) is 0 Å². The Labute approximate surface area is 89.8 Å². The molecule has 0 N–H and O–H groups in total. The second-order valence-electron chi connectivity index (χ2n) is 3.34. The average molecular weight is 205 g/mol. The quantitative estimate of drug-likeness (QED) is 0.696. The predicted molar refractivity (Wildman–Crippen MR) is 59.6 cm³/mol. The molecule has 0 aliphatic rings. The van der Waals surface area contributed by atoms with Gasteiger partial charge < -0.3 is 4.74 Å². The minimum absolute atomic E-state index is 0.345. The summed E-state index contributed by atoms with van der Waals surface area (Å²) in [7, 11) is 1.37. The fourth-order valence-corrected chi connectivity index (χ4v) is 1.50. The average Bonchev–Trinajstić information content (AvgIpc) is 2.26. The van der Waals surface area contributed by atoms with Crippen molar-refractivity contribution < 1.29 is 9.53 Å². The molecule has 1 aromatic rings. The maximum absolute atomic E-state index is 11.5. The lowest BCUT2D eigenvalue weighted by Gasteiger charge is -2.10. The smallest absolute Gasteiger partial charge is 0.340 e. The van der Waals surface area contributed by atoms with Crippen molar-refractivity contribution in [3.63, 3.8) is 0 Å². The Balaban J connectivity index is 3.39. The molecule has 0 aliphatic heterocycles. The van der Waals surface area contributed by atoms with Gasteiger partial charge in [0.25, 0.3) is 0 Å². The molecule has 3 heteroatoms. The van der Waals surface area contributed by atoms with Gasteiger partial charge in [-0.25, -0.2) is 4.79 Å². The molecular formula is C12H15NO2. The molecule has 3 nitrogen and oxygen atoms in total. The third-order valence-corrected chi connectivity index (χ3v) is 2.37. The molecule has 0 unspecified atom stereocenters. The Morgan fingerprint density at radius 1 is 1.47 bits per heavy atom. The van der Waals surface area contributed by atoms with Gasteiger partial charge in [0.15, 0.2) is 0 Å². The van der Waals surface area contributed by atoms with Crippen molar-refractivity contribution in [2.24, 2.45) is 0 Å². The number of hydrogen-bond donors (Lipinski definition) is 0.